The Morgan fingerprint density at radius 1 is 1.12 bits per heavy atom. The van der Waals surface area contributed by atoms with Gasteiger partial charge in [0.05, 0.1) is 11.9 Å². The average Bonchev–Trinajstić information content (AvgIpc) is 2.35. The molecule has 86 valence electrons. The van der Waals surface area contributed by atoms with Crippen molar-refractivity contribution in [2.45, 2.75) is 6.92 Å². The lowest BCUT2D eigenvalue weighted by atomic mass is 10.1. The maximum absolute atomic E-state index is 9.61. The number of hydrazone groups is 1. The Labute approximate surface area is 100 Å². The third-order valence-electron chi connectivity index (χ3n) is 2.35. The molecular weight excluding hydrogens is 212 g/mol. The molecule has 0 spiro atoms. The van der Waals surface area contributed by atoms with Crippen LogP contribution in [0.25, 0.3) is 0 Å². The van der Waals surface area contributed by atoms with Crippen molar-refractivity contribution in [1.29, 1.82) is 0 Å². The molecule has 3 heteroatoms. The van der Waals surface area contributed by atoms with E-state index < -0.39 is 0 Å². The fraction of sp³-hybridized carbons (Fsp3) is 0.0714. The summed E-state index contributed by atoms with van der Waals surface area (Å²) in [6.07, 6.45) is 1.61. The summed E-state index contributed by atoms with van der Waals surface area (Å²) in [5, 5.41) is 13.7. The first-order chi connectivity index (χ1) is 8.25. The highest BCUT2D eigenvalue weighted by atomic mass is 16.3. The average molecular weight is 226 g/mol. The van der Waals surface area contributed by atoms with E-state index in [1.54, 1.807) is 12.3 Å². The molecule has 0 saturated carbocycles. The minimum atomic E-state index is 0.231. The van der Waals surface area contributed by atoms with Gasteiger partial charge in [0.15, 0.2) is 0 Å². The third kappa shape index (κ3) is 3.08. The summed E-state index contributed by atoms with van der Waals surface area (Å²) < 4.78 is 0. The molecule has 0 radical (unpaired) electrons. The molecule has 2 aromatic carbocycles. The lowest BCUT2D eigenvalue weighted by molar-refractivity contribution is 0.474. The van der Waals surface area contributed by atoms with Gasteiger partial charge in [-0.25, -0.2) is 0 Å². The summed E-state index contributed by atoms with van der Waals surface area (Å²) in [4.78, 5) is 0. The minimum Gasteiger partial charge on any atom is -0.507 e. The van der Waals surface area contributed by atoms with E-state index in [1.807, 2.05) is 49.4 Å². The first-order valence-electron chi connectivity index (χ1n) is 5.39. The topological polar surface area (TPSA) is 44.6 Å². The maximum Gasteiger partial charge on any atom is 0.124 e. The summed E-state index contributed by atoms with van der Waals surface area (Å²) >= 11 is 0. The molecule has 0 heterocycles. The van der Waals surface area contributed by atoms with E-state index in [4.69, 9.17) is 0 Å². The van der Waals surface area contributed by atoms with E-state index in [9.17, 15) is 5.11 Å². The number of hydrogen-bond acceptors (Lipinski definition) is 3. The minimum absolute atomic E-state index is 0.231. The molecule has 3 nitrogen and oxygen atoms in total. The number of aromatic hydroxyl groups is 1. The van der Waals surface area contributed by atoms with Crippen LogP contribution in [0.4, 0.5) is 5.69 Å². The van der Waals surface area contributed by atoms with Crippen LogP contribution in [0.3, 0.4) is 0 Å². The summed E-state index contributed by atoms with van der Waals surface area (Å²) in [5.41, 5.74) is 5.60. The van der Waals surface area contributed by atoms with Gasteiger partial charge >= 0.3 is 0 Å². The van der Waals surface area contributed by atoms with Crippen molar-refractivity contribution in [3.05, 3.63) is 59.7 Å². The number of benzene rings is 2. The molecule has 0 unspecified atom stereocenters. The number of aryl methyl sites for hydroxylation is 1. The van der Waals surface area contributed by atoms with E-state index in [2.05, 4.69) is 10.5 Å². The number of anilines is 1. The SMILES string of the molecule is Cc1ccc(O)c(C=NNc2ccccc2)c1. The number of nitrogens with one attached hydrogen (secondary N) is 1. The van der Waals surface area contributed by atoms with Crippen LogP contribution in [0.5, 0.6) is 5.75 Å². The highest BCUT2D eigenvalue weighted by Gasteiger charge is 1.97. The van der Waals surface area contributed by atoms with Gasteiger partial charge in [0.25, 0.3) is 0 Å². The number of phenolic OH excluding ortho intramolecular Hbond substituents is 1. The first kappa shape index (κ1) is 11.2. The molecule has 0 aliphatic rings. The number of phenols is 1. The standard InChI is InChI=1S/C14H14N2O/c1-11-7-8-14(17)12(9-11)10-15-16-13-5-3-2-4-6-13/h2-10,16-17H,1H3. The van der Waals surface area contributed by atoms with E-state index in [0.717, 1.165) is 11.3 Å². The number of nitrogens with zero attached hydrogens (tertiary/aromatic N) is 1. The monoisotopic (exact) mass is 226 g/mol. The molecule has 0 atom stereocenters. The van der Waals surface area contributed by atoms with Crippen molar-refractivity contribution in [3.8, 4) is 5.75 Å². The van der Waals surface area contributed by atoms with Crippen molar-refractivity contribution in [2.24, 2.45) is 5.10 Å². The Kier molecular flexibility index (Phi) is 3.40. The molecule has 0 aliphatic carbocycles. The molecule has 0 bridgehead atoms. The quantitative estimate of drug-likeness (QED) is 0.623. The van der Waals surface area contributed by atoms with Gasteiger partial charge in [0, 0.05) is 5.56 Å². The molecule has 0 aromatic heterocycles. The Balaban J connectivity index is 2.08. The second-order valence-corrected chi connectivity index (χ2v) is 3.80. The second kappa shape index (κ2) is 5.16. The van der Waals surface area contributed by atoms with Crippen molar-refractivity contribution in [3.63, 3.8) is 0 Å². The molecule has 17 heavy (non-hydrogen) atoms. The van der Waals surface area contributed by atoms with Gasteiger partial charge < -0.3 is 5.11 Å². The largest absolute Gasteiger partial charge is 0.507 e. The van der Waals surface area contributed by atoms with E-state index in [0.29, 0.717) is 5.56 Å². The maximum atomic E-state index is 9.61. The zero-order valence-corrected chi connectivity index (χ0v) is 9.59. The normalized spacial score (nSPS) is 10.6. The van der Waals surface area contributed by atoms with Crippen LogP contribution >= 0.6 is 0 Å². The Morgan fingerprint density at radius 2 is 1.88 bits per heavy atom. The van der Waals surface area contributed by atoms with Crippen LogP contribution in [0.1, 0.15) is 11.1 Å². The van der Waals surface area contributed by atoms with Crippen LogP contribution in [-0.2, 0) is 0 Å². The molecule has 0 aliphatic heterocycles. The van der Waals surface area contributed by atoms with E-state index >= 15 is 0 Å². The van der Waals surface area contributed by atoms with Gasteiger partial charge in [0.1, 0.15) is 5.75 Å². The third-order valence-corrected chi connectivity index (χ3v) is 2.35. The summed E-state index contributed by atoms with van der Waals surface area (Å²) in [5.74, 6) is 0.231. The highest BCUT2D eigenvalue weighted by Crippen LogP contribution is 2.16. The summed E-state index contributed by atoms with van der Waals surface area (Å²) in [6, 6.07) is 15.1. The molecule has 0 amide bonds. The fourth-order valence-electron chi connectivity index (χ4n) is 1.47. The van der Waals surface area contributed by atoms with E-state index in [-0.39, 0.29) is 5.75 Å². The molecule has 0 fully saturated rings. The van der Waals surface area contributed by atoms with Crippen molar-refractivity contribution < 1.29 is 5.11 Å². The van der Waals surface area contributed by atoms with Crippen LogP contribution in [0.15, 0.2) is 53.6 Å². The molecule has 0 saturated heterocycles. The Bertz CT molecular complexity index is 521. The van der Waals surface area contributed by atoms with Gasteiger partial charge in [0.2, 0.25) is 0 Å². The van der Waals surface area contributed by atoms with Crippen LogP contribution in [-0.4, -0.2) is 11.3 Å². The molecule has 2 aromatic rings. The lowest BCUT2D eigenvalue weighted by Gasteiger charge is -2.01. The number of para-hydroxylation sites is 1. The smallest absolute Gasteiger partial charge is 0.124 e. The van der Waals surface area contributed by atoms with Crippen LogP contribution in [0.2, 0.25) is 0 Å². The zero-order valence-electron chi connectivity index (χ0n) is 9.59. The van der Waals surface area contributed by atoms with Gasteiger partial charge in [-0.1, -0.05) is 29.8 Å². The first-order valence-corrected chi connectivity index (χ1v) is 5.39. The van der Waals surface area contributed by atoms with Crippen molar-refractivity contribution >= 4 is 11.9 Å². The number of rotatable bonds is 3. The Hall–Kier alpha value is -2.29. The van der Waals surface area contributed by atoms with Crippen LogP contribution < -0.4 is 5.43 Å². The summed E-state index contributed by atoms with van der Waals surface area (Å²) in [6.45, 7) is 1.97. The van der Waals surface area contributed by atoms with Gasteiger partial charge in [-0.3, -0.25) is 5.43 Å². The zero-order chi connectivity index (χ0) is 12.1. The molecular formula is C14H14N2O. The van der Waals surface area contributed by atoms with Gasteiger partial charge in [-0.05, 0) is 31.2 Å². The van der Waals surface area contributed by atoms with Crippen molar-refractivity contribution in [1.82, 2.24) is 0 Å². The molecule has 2 N–H and O–H groups in total. The Morgan fingerprint density at radius 3 is 2.65 bits per heavy atom. The second-order valence-electron chi connectivity index (χ2n) is 3.80. The predicted octanol–water partition coefficient (Wildman–Crippen LogP) is 3.15. The highest BCUT2D eigenvalue weighted by molar-refractivity contribution is 5.84. The van der Waals surface area contributed by atoms with Gasteiger partial charge in [-0.15, -0.1) is 0 Å². The van der Waals surface area contributed by atoms with E-state index in [1.165, 1.54) is 0 Å². The fourth-order valence-corrected chi connectivity index (χ4v) is 1.47. The summed E-state index contributed by atoms with van der Waals surface area (Å²) in [7, 11) is 0. The van der Waals surface area contributed by atoms with Crippen molar-refractivity contribution in [2.75, 3.05) is 5.43 Å². The van der Waals surface area contributed by atoms with Crippen LogP contribution in [0, 0.1) is 6.92 Å². The van der Waals surface area contributed by atoms with Gasteiger partial charge in [-0.2, -0.15) is 5.10 Å². The predicted molar refractivity (Wildman–Crippen MR) is 70.5 cm³/mol. The molecule has 2 rings (SSSR count). The lowest BCUT2D eigenvalue weighted by Crippen LogP contribution is -1.91. The number of hydrogen-bond donors (Lipinski definition) is 2.